The highest BCUT2D eigenvalue weighted by Crippen LogP contribution is 2.24. The number of para-hydroxylation sites is 1. The van der Waals surface area contributed by atoms with Crippen LogP contribution in [0.1, 0.15) is 22.3 Å². The lowest BCUT2D eigenvalue weighted by molar-refractivity contribution is 0.0953. The molecule has 0 saturated carbocycles. The normalized spacial score (nSPS) is 11.0. The van der Waals surface area contributed by atoms with Crippen molar-refractivity contribution in [2.45, 2.75) is 13.0 Å². The molecule has 0 saturated heterocycles. The highest BCUT2D eigenvalue weighted by Gasteiger charge is 2.13. The number of carbonyl (C=O) groups is 1. The zero-order valence-electron chi connectivity index (χ0n) is 17.7. The Morgan fingerprint density at radius 2 is 1.81 bits per heavy atom. The van der Waals surface area contributed by atoms with E-state index in [9.17, 15) is 4.79 Å². The van der Waals surface area contributed by atoms with Gasteiger partial charge in [-0.05, 0) is 49.8 Å². The Labute approximate surface area is 182 Å². The maximum absolute atomic E-state index is 13.0. The van der Waals surface area contributed by atoms with Crippen LogP contribution in [0.4, 0.5) is 0 Å². The lowest BCUT2D eigenvalue weighted by Crippen LogP contribution is -2.28. The predicted octanol–water partition coefficient (Wildman–Crippen LogP) is 4.55. The van der Waals surface area contributed by atoms with E-state index in [1.807, 2.05) is 48.5 Å². The zero-order valence-corrected chi connectivity index (χ0v) is 17.7. The van der Waals surface area contributed by atoms with Crippen molar-refractivity contribution < 1.29 is 4.79 Å². The summed E-state index contributed by atoms with van der Waals surface area (Å²) in [5.74, 6) is -0.0746. The van der Waals surface area contributed by atoms with Gasteiger partial charge in [-0.1, -0.05) is 48.5 Å². The average molecular weight is 411 g/mol. The number of rotatable bonds is 8. The molecule has 0 radical (unpaired) electrons. The molecule has 0 aliphatic rings. The second-order valence-corrected chi connectivity index (χ2v) is 7.65. The summed E-state index contributed by atoms with van der Waals surface area (Å²) in [6.07, 6.45) is 4.38. The van der Waals surface area contributed by atoms with Crippen LogP contribution in [0.3, 0.4) is 0 Å². The summed E-state index contributed by atoms with van der Waals surface area (Å²) in [5.41, 5.74) is 4.38. The lowest BCUT2D eigenvalue weighted by Gasteiger charge is -2.17. The number of benzene rings is 2. The maximum atomic E-state index is 13.0. The minimum atomic E-state index is -0.0746. The first-order chi connectivity index (χ1) is 15.2. The monoisotopic (exact) mass is 410 g/mol. The van der Waals surface area contributed by atoms with Crippen molar-refractivity contribution >= 4 is 16.8 Å². The molecular formula is C26H26N4O. The quantitative estimate of drug-likeness (QED) is 0.433. The van der Waals surface area contributed by atoms with Gasteiger partial charge in [0.1, 0.15) is 0 Å². The topological polar surface area (TPSA) is 58.1 Å². The van der Waals surface area contributed by atoms with Crippen LogP contribution in [0, 0.1) is 0 Å². The molecule has 4 rings (SSSR count). The van der Waals surface area contributed by atoms with Crippen molar-refractivity contribution in [3.05, 3.63) is 96.3 Å². The molecule has 2 aromatic carbocycles. The standard InChI is InChI=1S/C26H26N4O/c1-30(19-20-9-3-2-4-10-20)16-8-15-28-26(31)23-17-25(21-11-7-14-27-18-21)29-24-13-6-5-12-22(23)24/h2-7,9-14,17-18H,8,15-16,19H2,1H3,(H,28,31). The number of amides is 1. The lowest BCUT2D eigenvalue weighted by atomic mass is 10.0. The van der Waals surface area contributed by atoms with Crippen LogP contribution in [0.5, 0.6) is 0 Å². The Balaban J connectivity index is 1.41. The molecule has 0 spiro atoms. The number of carbonyl (C=O) groups excluding carboxylic acids is 1. The van der Waals surface area contributed by atoms with Crippen molar-refractivity contribution in [1.29, 1.82) is 0 Å². The van der Waals surface area contributed by atoms with E-state index in [2.05, 4.69) is 46.5 Å². The summed E-state index contributed by atoms with van der Waals surface area (Å²) >= 11 is 0. The van der Waals surface area contributed by atoms with E-state index in [4.69, 9.17) is 4.98 Å². The van der Waals surface area contributed by atoms with Crippen LogP contribution in [0.15, 0.2) is 85.2 Å². The van der Waals surface area contributed by atoms with Gasteiger partial charge in [-0.15, -0.1) is 0 Å². The molecule has 1 amide bonds. The van der Waals surface area contributed by atoms with Gasteiger partial charge in [0.2, 0.25) is 0 Å². The van der Waals surface area contributed by atoms with Gasteiger partial charge in [0.05, 0.1) is 16.8 Å². The Bertz CT molecular complexity index is 1150. The van der Waals surface area contributed by atoms with Gasteiger partial charge in [0.25, 0.3) is 5.91 Å². The minimum absolute atomic E-state index is 0.0746. The minimum Gasteiger partial charge on any atom is -0.352 e. The van der Waals surface area contributed by atoms with Gasteiger partial charge in [-0.3, -0.25) is 9.78 Å². The van der Waals surface area contributed by atoms with Gasteiger partial charge in [-0.2, -0.15) is 0 Å². The van der Waals surface area contributed by atoms with Gasteiger partial charge < -0.3 is 10.2 Å². The molecule has 5 heteroatoms. The number of nitrogens with one attached hydrogen (secondary N) is 1. The summed E-state index contributed by atoms with van der Waals surface area (Å²) in [5, 5.41) is 3.94. The first kappa shape index (κ1) is 20.7. The zero-order chi connectivity index (χ0) is 21.5. The molecular weight excluding hydrogens is 384 g/mol. The second-order valence-electron chi connectivity index (χ2n) is 7.65. The first-order valence-corrected chi connectivity index (χ1v) is 10.5. The molecule has 2 heterocycles. The van der Waals surface area contributed by atoms with Crippen molar-refractivity contribution in [2.75, 3.05) is 20.1 Å². The summed E-state index contributed by atoms with van der Waals surface area (Å²) in [6, 6.07) is 23.8. The van der Waals surface area contributed by atoms with Crippen LogP contribution in [0.2, 0.25) is 0 Å². The largest absolute Gasteiger partial charge is 0.352 e. The average Bonchev–Trinajstić information content (AvgIpc) is 2.82. The molecule has 0 atom stereocenters. The number of hydrogen-bond acceptors (Lipinski definition) is 4. The fourth-order valence-corrected chi connectivity index (χ4v) is 3.65. The van der Waals surface area contributed by atoms with E-state index in [-0.39, 0.29) is 5.91 Å². The van der Waals surface area contributed by atoms with E-state index in [0.29, 0.717) is 12.1 Å². The van der Waals surface area contributed by atoms with E-state index < -0.39 is 0 Å². The van der Waals surface area contributed by atoms with Crippen LogP contribution in [0.25, 0.3) is 22.2 Å². The first-order valence-electron chi connectivity index (χ1n) is 10.5. The summed E-state index contributed by atoms with van der Waals surface area (Å²) in [4.78, 5) is 24.2. The SMILES string of the molecule is CN(CCCNC(=O)c1cc(-c2cccnc2)nc2ccccc12)Cc1ccccc1. The maximum Gasteiger partial charge on any atom is 0.252 e. The van der Waals surface area contributed by atoms with E-state index in [1.165, 1.54) is 5.56 Å². The molecule has 0 fully saturated rings. The van der Waals surface area contributed by atoms with Crippen molar-refractivity contribution in [2.24, 2.45) is 0 Å². The molecule has 2 aromatic heterocycles. The second kappa shape index (κ2) is 9.96. The molecule has 0 bridgehead atoms. The molecule has 5 nitrogen and oxygen atoms in total. The van der Waals surface area contributed by atoms with Gasteiger partial charge in [0, 0.05) is 36.4 Å². The molecule has 0 aliphatic carbocycles. The fraction of sp³-hybridized carbons (Fsp3) is 0.192. The Morgan fingerprint density at radius 3 is 2.61 bits per heavy atom. The van der Waals surface area contributed by atoms with E-state index in [0.717, 1.165) is 41.7 Å². The number of aromatic nitrogens is 2. The summed E-state index contributed by atoms with van der Waals surface area (Å²) in [6.45, 7) is 2.43. The van der Waals surface area contributed by atoms with Crippen molar-refractivity contribution in [1.82, 2.24) is 20.2 Å². The highest BCUT2D eigenvalue weighted by atomic mass is 16.1. The van der Waals surface area contributed by atoms with Crippen molar-refractivity contribution in [3.8, 4) is 11.3 Å². The molecule has 4 aromatic rings. The van der Waals surface area contributed by atoms with Gasteiger partial charge >= 0.3 is 0 Å². The summed E-state index contributed by atoms with van der Waals surface area (Å²) in [7, 11) is 2.10. The van der Waals surface area contributed by atoms with Crippen molar-refractivity contribution in [3.63, 3.8) is 0 Å². The van der Waals surface area contributed by atoms with Crippen LogP contribution >= 0.6 is 0 Å². The highest BCUT2D eigenvalue weighted by molar-refractivity contribution is 6.07. The Morgan fingerprint density at radius 1 is 1.00 bits per heavy atom. The molecule has 156 valence electrons. The van der Waals surface area contributed by atoms with E-state index >= 15 is 0 Å². The van der Waals surface area contributed by atoms with Crippen LogP contribution in [-0.2, 0) is 6.54 Å². The fourth-order valence-electron chi connectivity index (χ4n) is 3.65. The van der Waals surface area contributed by atoms with E-state index in [1.54, 1.807) is 12.4 Å². The van der Waals surface area contributed by atoms with Gasteiger partial charge in [-0.25, -0.2) is 4.98 Å². The third-order valence-corrected chi connectivity index (χ3v) is 5.22. The summed E-state index contributed by atoms with van der Waals surface area (Å²) < 4.78 is 0. The number of hydrogen-bond donors (Lipinski definition) is 1. The molecule has 0 unspecified atom stereocenters. The number of fused-ring (bicyclic) bond motifs is 1. The Hall–Kier alpha value is -3.57. The smallest absolute Gasteiger partial charge is 0.252 e. The number of nitrogens with zero attached hydrogens (tertiary/aromatic N) is 3. The third-order valence-electron chi connectivity index (χ3n) is 5.22. The Kier molecular flexibility index (Phi) is 6.65. The number of pyridine rings is 2. The molecule has 0 aliphatic heterocycles. The molecule has 31 heavy (non-hydrogen) atoms. The molecule has 1 N–H and O–H groups in total. The van der Waals surface area contributed by atoms with Crippen LogP contribution in [-0.4, -0.2) is 40.9 Å². The predicted molar refractivity (Wildman–Crippen MR) is 125 cm³/mol. The van der Waals surface area contributed by atoms with Gasteiger partial charge in [0.15, 0.2) is 0 Å². The third kappa shape index (κ3) is 5.32. The van der Waals surface area contributed by atoms with Crippen LogP contribution < -0.4 is 5.32 Å².